The Bertz CT molecular complexity index is 632. The summed E-state index contributed by atoms with van der Waals surface area (Å²) in [6.45, 7) is -2.05. The molecule has 0 bridgehead atoms. The molecule has 1 rings (SSSR count). The van der Waals surface area contributed by atoms with Gasteiger partial charge in [0.15, 0.2) is 0 Å². The number of alkyl halides is 3. The Kier molecular flexibility index (Phi) is 7.58. The van der Waals surface area contributed by atoms with E-state index in [1.165, 1.54) is 0 Å². The second kappa shape index (κ2) is 8.94. The molecule has 1 aromatic rings. The molecule has 11 heteroatoms. The average molecular weight is 372 g/mol. The van der Waals surface area contributed by atoms with E-state index in [1.54, 1.807) is 0 Å². The van der Waals surface area contributed by atoms with Crippen molar-refractivity contribution in [2.24, 2.45) is 0 Å². The second-order valence-electron chi connectivity index (χ2n) is 4.62. The smallest absolute Gasteiger partial charge is 0.370 e. The molecular formula is C13H16F4N2O4S. The third-order valence-electron chi connectivity index (χ3n) is 2.60. The van der Waals surface area contributed by atoms with Gasteiger partial charge in [0.25, 0.3) is 0 Å². The van der Waals surface area contributed by atoms with E-state index >= 15 is 0 Å². The van der Waals surface area contributed by atoms with Crippen molar-refractivity contribution >= 4 is 15.9 Å². The highest BCUT2D eigenvalue weighted by atomic mass is 32.2. The molecule has 0 saturated carbocycles. The number of hydrogen-bond donors (Lipinski definition) is 2. The fraction of sp³-hybridized carbons (Fsp3) is 0.462. The average Bonchev–Trinajstić information content (AvgIpc) is 2.46. The molecule has 0 aromatic heterocycles. The summed E-state index contributed by atoms with van der Waals surface area (Å²) in [4.78, 5) is 11.2. The lowest BCUT2D eigenvalue weighted by atomic mass is 10.4. The van der Waals surface area contributed by atoms with Crippen LogP contribution in [0.1, 0.15) is 6.42 Å². The van der Waals surface area contributed by atoms with E-state index < -0.39 is 34.5 Å². The van der Waals surface area contributed by atoms with Crippen LogP contribution in [0.4, 0.5) is 17.6 Å². The Morgan fingerprint density at radius 2 is 1.75 bits per heavy atom. The SMILES string of the molecule is O=C(CCNS(=O)(=O)c1ccc(F)cc1)NCCOCC(F)(F)F. The van der Waals surface area contributed by atoms with Crippen LogP contribution in [0.15, 0.2) is 29.2 Å². The highest BCUT2D eigenvalue weighted by Crippen LogP contribution is 2.14. The van der Waals surface area contributed by atoms with Crippen molar-refractivity contribution in [2.45, 2.75) is 17.5 Å². The fourth-order valence-electron chi connectivity index (χ4n) is 1.53. The highest BCUT2D eigenvalue weighted by molar-refractivity contribution is 7.89. The summed E-state index contributed by atoms with van der Waals surface area (Å²) in [7, 11) is -3.86. The first-order valence-electron chi connectivity index (χ1n) is 6.76. The molecule has 0 spiro atoms. The largest absolute Gasteiger partial charge is 0.411 e. The number of amides is 1. The molecule has 0 aliphatic rings. The molecule has 6 nitrogen and oxygen atoms in total. The zero-order valence-electron chi connectivity index (χ0n) is 12.4. The van der Waals surface area contributed by atoms with Gasteiger partial charge in [-0.1, -0.05) is 0 Å². The summed E-state index contributed by atoms with van der Waals surface area (Å²) in [6.07, 6.45) is -4.64. The maximum atomic E-state index is 12.7. The van der Waals surface area contributed by atoms with Gasteiger partial charge in [0, 0.05) is 19.5 Å². The van der Waals surface area contributed by atoms with Crippen LogP contribution < -0.4 is 10.0 Å². The predicted molar refractivity (Wildman–Crippen MR) is 76.1 cm³/mol. The molecule has 0 unspecified atom stereocenters. The van der Waals surface area contributed by atoms with Crippen LogP contribution in [0.3, 0.4) is 0 Å². The molecule has 1 amide bonds. The summed E-state index contributed by atoms with van der Waals surface area (Å²) in [5, 5.41) is 2.29. The number of nitrogens with one attached hydrogen (secondary N) is 2. The van der Waals surface area contributed by atoms with Crippen molar-refractivity contribution in [1.29, 1.82) is 0 Å². The molecular weight excluding hydrogens is 356 g/mol. The molecule has 136 valence electrons. The minimum atomic E-state index is -4.43. The molecule has 0 saturated heterocycles. The molecule has 0 aliphatic heterocycles. The van der Waals surface area contributed by atoms with Gasteiger partial charge >= 0.3 is 6.18 Å². The van der Waals surface area contributed by atoms with Crippen LogP contribution in [0.5, 0.6) is 0 Å². The number of benzene rings is 1. The molecule has 0 heterocycles. The van der Waals surface area contributed by atoms with Gasteiger partial charge in [0.05, 0.1) is 11.5 Å². The fourth-order valence-corrected chi connectivity index (χ4v) is 2.57. The molecule has 0 fully saturated rings. The van der Waals surface area contributed by atoms with Crippen molar-refractivity contribution in [3.63, 3.8) is 0 Å². The quantitative estimate of drug-likeness (QED) is 0.504. The van der Waals surface area contributed by atoms with Gasteiger partial charge < -0.3 is 10.1 Å². The molecule has 2 N–H and O–H groups in total. The topological polar surface area (TPSA) is 84.5 Å². The predicted octanol–water partition coefficient (Wildman–Crippen LogP) is 1.19. The molecule has 0 aliphatic carbocycles. The van der Waals surface area contributed by atoms with Crippen LogP contribution in [-0.4, -0.2) is 46.8 Å². The van der Waals surface area contributed by atoms with Crippen LogP contribution in [0.2, 0.25) is 0 Å². The molecule has 0 radical (unpaired) electrons. The summed E-state index contributed by atoms with van der Waals surface area (Å²) in [5.74, 6) is -1.13. The first-order chi connectivity index (χ1) is 11.1. The Balaban J connectivity index is 2.24. The lowest BCUT2D eigenvalue weighted by Crippen LogP contribution is -2.32. The standard InChI is InChI=1S/C13H16F4N2O4S/c14-10-1-3-11(4-2-10)24(21,22)19-6-5-12(20)18-7-8-23-9-13(15,16)17/h1-4,19H,5-9H2,(H,18,20). The summed E-state index contributed by atoms with van der Waals surface area (Å²) in [6, 6.07) is 4.13. The number of carbonyl (C=O) groups excluding carboxylic acids is 1. The number of rotatable bonds is 9. The summed E-state index contributed by atoms with van der Waals surface area (Å²) < 4.78 is 78.2. The lowest BCUT2D eigenvalue weighted by Gasteiger charge is -2.09. The van der Waals surface area contributed by atoms with E-state index in [0.717, 1.165) is 24.3 Å². The Morgan fingerprint density at radius 1 is 1.12 bits per heavy atom. The van der Waals surface area contributed by atoms with Gasteiger partial charge in [-0.2, -0.15) is 13.2 Å². The van der Waals surface area contributed by atoms with Gasteiger partial charge in [0.1, 0.15) is 12.4 Å². The minimum Gasteiger partial charge on any atom is -0.370 e. The normalized spacial score (nSPS) is 12.2. The highest BCUT2D eigenvalue weighted by Gasteiger charge is 2.27. The number of hydrogen-bond acceptors (Lipinski definition) is 4. The zero-order valence-corrected chi connectivity index (χ0v) is 13.2. The minimum absolute atomic E-state index is 0.125. The number of sulfonamides is 1. The van der Waals surface area contributed by atoms with Crippen molar-refractivity contribution < 1.29 is 35.5 Å². The van der Waals surface area contributed by atoms with E-state index in [2.05, 4.69) is 14.8 Å². The first kappa shape index (κ1) is 20.3. The lowest BCUT2D eigenvalue weighted by molar-refractivity contribution is -0.173. The zero-order chi connectivity index (χ0) is 18.2. The second-order valence-corrected chi connectivity index (χ2v) is 6.39. The van der Waals surface area contributed by atoms with Crippen molar-refractivity contribution in [3.05, 3.63) is 30.1 Å². The van der Waals surface area contributed by atoms with Gasteiger partial charge in [0.2, 0.25) is 15.9 Å². The van der Waals surface area contributed by atoms with Crippen molar-refractivity contribution in [3.8, 4) is 0 Å². The van der Waals surface area contributed by atoms with E-state index in [9.17, 15) is 30.8 Å². The third-order valence-corrected chi connectivity index (χ3v) is 4.08. The summed E-state index contributed by atoms with van der Waals surface area (Å²) >= 11 is 0. The maximum absolute atomic E-state index is 12.7. The monoisotopic (exact) mass is 372 g/mol. The number of carbonyl (C=O) groups is 1. The van der Waals surface area contributed by atoms with Gasteiger partial charge in [-0.05, 0) is 24.3 Å². The first-order valence-corrected chi connectivity index (χ1v) is 8.25. The van der Waals surface area contributed by atoms with Gasteiger partial charge in [-0.15, -0.1) is 0 Å². The summed E-state index contributed by atoms with van der Waals surface area (Å²) in [5.41, 5.74) is 0. The van der Waals surface area contributed by atoms with E-state index in [-0.39, 0.29) is 31.0 Å². The maximum Gasteiger partial charge on any atom is 0.411 e. The Labute approximate surface area is 136 Å². The van der Waals surface area contributed by atoms with Crippen molar-refractivity contribution in [1.82, 2.24) is 10.0 Å². The van der Waals surface area contributed by atoms with Gasteiger partial charge in [-0.25, -0.2) is 17.5 Å². The molecule has 24 heavy (non-hydrogen) atoms. The van der Waals surface area contributed by atoms with Crippen LogP contribution in [-0.2, 0) is 19.6 Å². The van der Waals surface area contributed by atoms with Crippen LogP contribution in [0.25, 0.3) is 0 Å². The Morgan fingerprint density at radius 3 is 2.33 bits per heavy atom. The third kappa shape index (κ3) is 8.22. The van der Waals surface area contributed by atoms with E-state index in [4.69, 9.17) is 0 Å². The van der Waals surface area contributed by atoms with E-state index in [0.29, 0.717) is 0 Å². The molecule has 1 aromatic carbocycles. The Hall–Kier alpha value is -1.72. The number of halogens is 4. The molecule has 0 atom stereocenters. The van der Waals surface area contributed by atoms with Crippen molar-refractivity contribution in [2.75, 3.05) is 26.3 Å². The van der Waals surface area contributed by atoms with E-state index in [1.807, 2.05) is 0 Å². The number of ether oxygens (including phenoxy) is 1. The van der Waals surface area contributed by atoms with Gasteiger partial charge in [-0.3, -0.25) is 4.79 Å². The van der Waals surface area contributed by atoms with Crippen LogP contribution >= 0.6 is 0 Å². The van der Waals surface area contributed by atoms with Crippen LogP contribution in [0, 0.1) is 5.82 Å².